The number of imide groups is 1. The van der Waals surface area contributed by atoms with E-state index in [-0.39, 0.29) is 18.4 Å². The normalized spacial score (nSPS) is 13.3. The van der Waals surface area contributed by atoms with E-state index >= 15 is 0 Å². The molecule has 0 aliphatic carbocycles. The van der Waals surface area contributed by atoms with Gasteiger partial charge in [0.25, 0.3) is 11.8 Å². The molecular weight excluding hydrogens is 294 g/mol. The van der Waals surface area contributed by atoms with Crippen LogP contribution >= 0.6 is 0 Å². The van der Waals surface area contributed by atoms with Crippen molar-refractivity contribution in [1.82, 2.24) is 4.90 Å². The van der Waals surface area contributed by atoms with E-state index in [0.29, 0.717) is 42.0 Å². The number of hydrogen-bond acceptors (Lipinski definition) is 4. The number of nitrogens with zero attached hydrogens (tertiary/aromatic N) is 1. The van der Waals surface area contributed by atoms with Gasteiger partial charge in [-0.05, 0) is 24.6 Å². The van der Waals surface area contributed by atoms with Gasteiger partial charge in [0.15, 0.2) is 0 Å². The maximum atomic E-state index is 12.2. The molecule has 0 saturated heterocycles. The Balaban J connectivity index is 1.56. The van der Waals surface area contributed by atoms with Crippen LogP contribution in [0, 0.1) is 0 Å². The summed E-state index contributed by atoms with van der Waals surface area (Å²) in [5.41, 5.74) is 1.64. The molecule has 2 aromatic carbocycles. The van der Waals surface area contributed by atoms with Gasteiger partial charge in [0.1, 0.15) is 5.75 Å². The van der Waals surface area contributed by atoms with Gasteiger partial charge in [-0.15, -0.1) is 0 Å². The van der Waals surface area contributed by atoms with E-state index in [2.05, 4.69) is 0 Å². The van der Waals surface area contributed by atoms with Gasteiger partial charge in [-0.3, -0.25) is 14.5 Å². The molecule has 1 heterocycles. The molecule has 5 heteroatoms. The van der Waals surface area contributed by atoms with E-state index in [9.17, 15) is 14.7 Å². The van der Waals surface area contributed by atoms with Gasteiger partial charge in [-0.1, -0.05) is 30.3 Å². The number of rotatable bonds is 6. The van der Waals surface area contributed by atoms with Gasteiger partial charge in [-0.2, -0.15) is 0 Å². The van der Waals surface area contributed by atoms with Crippen molar-refractivity contribution in [2.45, 2.75) is 13.0 Å². The van der Waals surface area contributed by atoms with Gasteiger partial charge in [0.05, 0.1) is 24.3 Å². The summed E-state index contributed by atoms with van der Waals surface area (Å²) in [4.78, 5) is 25.7. The molecule has 2 amide bonds. The largest absolute Gasteiger partial charge is 0.493 e. The number of amides is 2. The molecule has 0 aromatic heterocycles. The summed E-state index contributed by atoms with van der Waals surface area (Å²) in [7, 11) is 0. The van der Waals surface area contributed by atoms with E-state index in [1.54, 1.807) is 36.4 Å². The van der Waals surface area contributed by atoms with Crippen LogP contribution in [0.25, 0.3) is 0 Å². The summed E-state index contributed by atoms with van der Waals surface area (Å²) in [5, 5.41) is 9.24. The van der Waals surface area contributed by atoms with Crippen LogP contribution in [0.2, 0.25) is 0 Å². The Morgan fingerprint density at radius 3 is 2.17 bits per heavy atom. The van der Waals surface area contributed by atoms with Crippen molar-refractivity contribution in [2.75, 3.05) is 13.2 Å². The van der Waals surface area contributed by atoms with Crippen molar-refractivity contribution >= 4 is 11.8 Å². The van der Waals surface area contributed by atoms with Gasteiger partial charge < -0.3 is 9.84 Å². The SMILES string of the molecule is O=C1c2ccccc2C(=O)N1CCCOc1ccccc1CO. The number of carbonyl (C=O) groups is 2. The van der Waals surface area contributed by atoms with Crippen LogP contribution in [0.5, 0.6) is 5.75 Å². The maximum absolute atomic E-state index is 12.2. The molecule has 118 valence electrons. The first-order valence-corrected chi connectivity index (χ1v) is 7.49. The number of ether oxygens (including phenoxy) is 1. The number of aliphatic hydroxyl groups excluding tert-OH is 1. The van der Waals surface area contributed by atoms with Crippen LogP contribution in [0.1, 0.15) is 32.7 Å². The number of carbonyl (C=O) groups excluding carboxylic acids is 2. The summed E-state index contributed by atoms with van der Waals surface area (Å²) in [5.74, 6) is 0.125. The summed E-state index contributed by atoms with van der Waals surface area (Å²) in [6.07, 6.45) is 0.533. The van der Waals surface area contributed by atoms with Crippen molar-refractivity contribution < 1.29 is 19.4 Å². The average molecular weight is 311 g/mol. The second-order valence-electron chi connectivity index (χ2n) is 5.28. The third-order valence-corrected chi connectivity index (χ3v) is 3.80. The third-order valence-electron chi connectivity index (χ3n) is 3.80. The first kappa shape index (κ1) is 15.2. The van der Waals surface area contributed by atoms with Crippen LogP contribution in [0.4, 0.5) is 0 Å². The molecule has 0 spiro atoms. The van der Waals surface area contributed by atoms with Gasteiger partial charge in [0, 0.05) is 12.1 Å². The molecule has 2 aromatic rings. The lowest BCUT2D eigenvalue weighted by molar-refractivity contribution is 0.0646. The molecule has 0 unspecified atom stereocenters. The highest BCUT2D eigenvalue weighted by Gasteiger charge is 2.34. The zero-order valence-corrected chi connectivity index (χ0v) is 12.6. The van der Waals surface area contributed by atoms with E-state index in [0.717, 1.165) is 0 Å². The van der Waals surface area contributed by atoms with Crippen molar-refractivity contribution in [2.24, 2.45) is 0 Å². The second-order valence-corrected chi connectivity index (χ2v) is 5.28. The minimum absolute atomic E-state index is 0.0887. The minimum Gasteiger partial charge on any atom is -0.493 e. The zero-order valence-electron chi connectivity index (χ0n) is 12.6. The van der Waals surface area contributed by atoms with Gasteiger partial charge >= 0.3 is 0 Å². The number of benzene rings is 2. The van der Waals surface area contributed by atoms with Gasteiger partial charge in [0.2, 0.25) is 0 Å². The lowest BCUT2D eigenvalue weighted by atomic mass is 10.1. The fourth-order valence-corrected chi connectivity index (χ4v) is 2.62. The summed E-state index contributed by atoms with van der Waals surface area (Å²) in [6.45, 7) is 0.590. The predicted molar refractivity (Wildman–Crippen MR) is 84.3 cm³/mol. The van der Waals surface area contributed by atoms with Crippen LogP contribution in [0.3, 0.4) is 0 Å². The van der Waals surface area contributed by atoms with Crippen molar-refractivity contribution in [1.29, 1.82) is 0 Å². The Morgan fingerprint density at radius 1 is 0.913 bits per heavy atom. The first-order chi connectivity index (χ1) is 11.2. The van der Waals surface area contributed by atoms with Gasteiger partial charge in [-0.25, -0.2) is 0 Å². The van der Waals surface area contributed by atoms with Crippen molar-refractivity contribution in [3.05, 3.63) is 65.2 Å². The lowest BCUT2D eigenvalue weighted by Gasteiger charge is -2.14. The molecule has 1 N–H and O–H groups in total. The second kappa shape index (κ2) is 6.62. The molecule has 1 aliphatic heterocycles. The fourth-order valence-electron chi connectivity index (χ4n) is 2.62. The molecule has 23 heavy (non-hydrogen) atoms. The lowest BCUT2D eigenvalue weighted by Crippen LogP contribution is -2.31. The Hall–Kier alpha value is -2.66. The topological polar surface area (TPSA) is 66.8 Å². The standard InChI is InChI=1S/C18H17NO4/c20-12-13-6-1-4-9-16(13)23-11-5-10-19-17(21)14-7-2-3-8-15(14)18(19)22/h1-4,6-9,20H,5,10-12H2. The number of para-hydroxylation sites is 1. The number of aliphatic hydroxyl groups is 1. The fraction of sp³-hybridized carbons (Fsp3) is 0.222. The predicted octanol–water partition coefficient (Wildman–Crippen LogP) is 2.24. The van der Waals surface area contributed by atoms with Crippen molar-refractivity contribution in [3.63, 3.8) is 0 Å². The van der Waals surface area contributed by atoms with Crippen molar-refractivity contribution in [3.8, 4) is 5.75 Å². The highest BCUT2D eigenvalue weighted by Crippen LogP contribution is 2.23. The minimum atomic E-state index is -0.249. The molecule has 1 aliphatic rings. The Bertz CT molecular complexity index is 706. The van der Waals surface area contributed by atoms with Crippen LogP contribution < -0.4 is 4.74 Å². The maximum Gasteiger partial charge on any atom is 0.261 e. The number of hydrogen-bond donors (Lipinski definition) is 1. The summed E-state index contributed by atoms with van der Waals surface area (Å²) < 4.78 is 5.63. The van der Waals surface area contributed by atoms with Crippen LogP contribution in [0.15, 0.2) is 48.5 Å². The molecule has 0 atom stereocenters. The highest BCUT2D eigenvalue weighted by atomic mass is 16.5. The summed E-state index contributed by atoms with van der Waals surface area (Å²) >= 11 is 0. The van der Waals surface area contributed by atoms with E-state index in [4.69, 9.17) is 4.74 Å². The van der Waals surface area contributed by atoms with E-state index in [1.807, 2.05) is 12.1 Å². The zero-order chi connectivity index (χ0) is 16.2. The molecule has 0 bridgehead atoms. The summed E-state index contributed by atoms with van der Waals surface area (Å²) in [6, 6.07) is 14.1. The molecular formula is C18H17NO4. The van der Waals surface area contributed by atoms with E-state index in [1.165, 1.54) is 4.90 Å². The highest BCUT2D eigenvalue weighted by molar-refractivity contribution is 6.21. The molecule has 3 rings (SSSR count). The smallest absolute Gasteiger partial charge is 0.261 e. The Morgan fingerprint density at radius 2 is 1.52 bits per heavy atom. The molecule has 0 radical (unpaired) electrons. The monoisotopic (exact) mass is 311 g/mol. The molecule has 0 fully saturated rings. The van der Waals surface area contributed by atoms with Crippen LogP contribution in [-0.4, -0.2) is 35.0 Å². The number of fused-ring (bicyclic) bond motifs is 1. The quantitative estimate of drug-likeness (QED) is 0.656. The first-order valence-electron chi connectivity index (χ1n) is 7.49. The Kier molecular flexibility index (Phi) is 4.39. The van der Waals surface area contributed by atoms with E-state index < -0.39 is 0 Å². The average Bonchev–Trinajstić information content (AvgIpc) is 2.84. The molecule has 0 saturated carbocycles. The Labute approximate surface area is 134 Å². The van der Waals surface area contributed by atoms with Crippen LogP contribution in [-0.2, 0) is 6.61 Å². The third kappa shape index (κ3) is 2.96. The molecule has 5 nitrogen and oxygen atoms in total.